The molecule has 1 aromatic heterocycles. The number of ether oxygens (including phenoxy) is 1. The van der Waals surface area contributed by atoms with E-state index in [0.29, 0.717) is 12.2 Å². The Morgan fingerprint density at radius 3 is 2.51 bits per heavy atom. The highest BCUT2D eigenvalue weighted by Gasteiger charge is 2.25. The lowest BCUT2D eigenvalue weighted by Crippen LogP contribution is -2.45. The fraction of sp³-hybridized carbons (Fsp3) is 0.312. The van der Waals surface area contributed by atoms with Crippen LogP contribution in [-0.4, -0.2) is 73.7 Å². The smallest absolute Gasteiger partial charge is 0.338 e. The fourth-order valence-corrected chi connectivity index (χ4v) is 6.53. The lowest BCUT2D eigenvalue weighted by molar-refractivity contribution is 0.0528. The molecule has 6 nitrogen and oxygen atoms in total. The van der Waals surface area contributed by atoms with Crippen LogP contribution in [0.2, 0.25) is 0 Å². The Kier molecular flexibility index (Phi) is 7.55. The number of hydrogen-bond donors (Lipinski definition) is 0. The summed E-state index contributed by atoms with van der Waals surface area (Å²) in [7, 11) is 2.20. The van der Waals surface area contributed by atoms with Crippen molar-refractivity contribution >= 4 is 40.0 Å². The maximum Gasteiger partial charge on any atom is 0.338 e. The summed E-state index contributed by atoms with van der Waals surface area (Å²) in [6, 6.07) is 24.9. The standard InChI is InChI=1S/C32H34N4O2S/c1-3-38-32(37)25-22-27(33-26-10-5-4-9-24(25)26)23-13-14-31-29(21-23)36(28-11-6-7-12-30(28)39-31)16-8-15-35-19-17-34(2)18-20-35/h4-7,9-14,21-22H,3,8,15-20H2,1-2H3. The summed E-state index contributed by atoms with van der Waals surface area (Å²) in [5.74, 6) is -0.315. The number of piperazine rings is 1. The molecule has 0 saturated carbocycles. The minimum Gasteiger partial charge on any atom is -0.462 e. The minimum absolute atomic E-state index is 0.315. The van der Waals surface area contributed by atoms with Crippen molar-refractivity contribution in [2.24, 2.45) is 0 Å². The van der Waals surface area contributed by atoms with E-state index in [0.717, 1.165) is 67.8 Å². The SMILES string of the molecule is CCOC(=O)c1cc(-c2ccc3c(c2)N(CCCN2CCN(C)CC2)c2ccccc2S3)nc2ccccc12. The molecular formula is C32H34N4O2S. The number of carbonyl (C=O) groups is 1. The van der Waals surface area contributed by atoms with Gasteiger partial charge in [-0.25, -0.2) is 9.78 Å². The molecule has 0 aliphatic carbocycles. The summed E-state index contributed by atoms with van der Waals surface area (Å²) in [4.78, 5) is 27.8. The average Bonchev–Trinajstić information content (AvgIpc) is 2.97. The number of benzene rings is 3. The third-order valence-electron chi connectivity index (χ3n) is 7.58. The largest absolute Gasteiger partial charge is 0.462 e. The van der Waals surface area contributed by atoms with Crippen LogP contribution in [-0.2, 0) is 4.74 Å². The van der Waals surface area contributed by atoms with Crippen LogP contribution < -0.4 is 4.90 Å². The summed E-state index contributed by atoms with van der Waals surface area (Å²) in [5.41, 5.74) is 5.57. The van der Waals surface area contributed by atoms with Gasteiger partial charge in [0.15, 0.2) is 0 Å². The molecule has 1 saturated heterocycles. The molecule has 3 aromatic carbocycles. The van der Waals surface area contributed by atoms with E-state index in [9.17, 15) is 4.79 Å². The van der Waals surface area contributed by atoms with Gasteiger partial charge in [-0.2, -0.15) is 0 Å². The number of rotatable bonds is 7. The first-order valence-corrected chi connectivity index (χ1v) is 14.6. The summed E-state index contributed by atoms with van der Waals surface area (Å²) in [6.07, 6.45) is 1.09. The Morgan fingerprint density at radius 2 is 1.67 bits per heavy atom. The normalized spacial score (nSPS) is 15.7. The van der Waals surface area contributed by atoms with Crippen LogP contribution in [0, 0.1) is 0 Å². The highest BCUT2D eigenvalue weighted by molar-refractivity contribution is 7.99. The quantitative estimate of drug-likeness (QED) is 0.255. The van der Waals surface area contributed by atoms with E-state index in [4.69, 9.17) is 9.72 Å². The van der Waals surface area contributed by atoms with Gasteiger partial charge < -0.3 is 19.4 Å². The van der Waals surface area contributed by atoms with E-state index in [2.05, 4.69) is 64.2 Å². The number of anilines is 2. The van der Waals surface area contributed by atoms with Crippen LogP contribution in [0.15, 0.2) is 82.6 Å². The number of hydrogen-bond acceptors (Lipinski definition) is 7. The summed E-state index contributed by atoms with van der Waals surface area (Å²) in [6.45, 7) is 8.77. The van der Waals surface area contributed by atoms with Crippen molar-refractivity contribution in [2.75, 3.05) is 57.8 Å². The second-order valence-corrected chi connectivity index (χ2v) is 11.3. The third kappa shape index (κ3) is 5.39. The average molecular weight is 539 g/mol. The number of esters is 1. The Labute approximate surface area is 234 Å². The van der Waals surface area contributed by atoms with Gasteiger partial charge in [0, 0.05) is 53.5 Å². The lowest BCUT2D eigenvalue weighted by atomic mass is 10.0. The topological polar surface area (TPSA) is 48.9 Å². The highest BCUT2D eigenvalue weighted by Crippen LogP contribution is 2.49. The molecule has 39 heavy (non-hydrogen) atoms. The molecule has 0 amide bonds. The first-order chi connectivity index (χ1) is 19.1. The zero-order chi connectivity index (χ0) is 26.8. The molecule has 2 aliphatic heterocycles. The van der Waals surface area contributed by atoms with Gasteiger partial charge in [-0.05, 0) is 63.3 Å². The van der Waals surface area contributed by atoms with E-state index in [1.807, 2.05) is 49.0 Å². The van der Waals surface area contributed by atoms with Crippen LogP contribution in [0.5, 0.6) is 0 Å². The summed E-state index contributed by atoms with van der Waals surface area (Å²) < 4.78 is 5.39. The van der Waals surface area contributed by atoms with E-state index >= 15 is 0 Å². The predicted octanol–water partition coefficient (Wildman–Crippen LogP) is 6.32. The Morgan fingerprint density at radius 1 is 0.897 bits per heavy atom. The summed E-state index contributed by atoms with van der Waals surface area (Å²) in [5, 5.41) is 0.813. The van der Waals surface area contributed by atoms with E-state index < -0.39 is 0 Å². The van der Waals surface area contributed by atoms with Crippen molar-refractivity contribution in [3.8, 4) is 11.3 Å². The van der Waals surface area contributed by atoms with Gasteiger partial charge in [0.2, 0.25) is 0 Å². The number of carbonyl (C=O) groups excluding carboxylic acids is 1. The number of fused-ring (bicyclic) bond motifs is 3. The number of aromatic nitrogens is 1. The zero-order valence-electron chi connectivity index (χ0n) is 22.6. The Balaban J connectivity index is 1.34. The van der Waals surface area contributed by atoms with Crippen molar-refractivity contribution in [1.82, 2.24) is 14.8 Å². The third-order valence-corrected chi connectivity index (χ3v) is 8.72. The molecule has 0 radical (unpaired) electrons. The van der Waals surface area contributed by atoms with E-state index in [1.54, 1.807) is 0 Å². The van der Waals surface area contributed by atoms with Crippen molar-refractivity contribution in [2.45, 2.75) is 23.1 Å². The highest BCUT2D eigenvalue weighted by atomic mass is 32.2. The molecule has 1 fully saturated rings. The van der Waals surface area contributed by atoms with Crippen molar-refractivity contribution in [3.05, 3.63) is 78.4 Å². The molecule has 0 unspecified atom stereocenters. The molecule has 4 aromatic rings. The summed E-state index contributed by atoms with van der Waals surface area (Å²) >= 11 is 1.82. The van der Waals surface area contributed by atoms with E-state index in [-0.39, 0.29) is 5.97 Å². The monoisotopic (exact) mass is 538 g/mol. The molecule has 0 bridgehead atoms. The zero-order valence-corrected chi connectivity index (χ0v) is 23.4. The molecular weight excluding hydrogens is 504 g/mol. The molecule has 200 valence electrons. The lowest BCUT2D eigenvalue weighted by Gasteiger charge is -2.35. The Bertz CT molecular complexity index is 1500. The molecule has 2 aliphatic rings. The second kappa shape index (κ2) is 11.4. The number of pyridine rings is 1. The molecule has 7 heteroatoms. The maximum absolute atomic E-state index is 12.9. The van der Waals surface area contributed by atoms with Crippen molar-refractivity contribution < 1.29 is 9.53 Å². The van der Waals surface area contributed by atoms with Crippen LogP contribution in [0.4, 0.5) is 11.4 Å². The van der Waals surface area contributed by atoms with Gasteiger partial charge in [-0.1, -0.05) is 48.2 Å². The Hall–Kier alpha value is -3.39. The molecule has 0 spiro atoms. The van der Waals surface area contributed by atoms with E-state index in [1.165, 1.54) is 21.2 Å². The molecule has 3 heterocycles. The van der Waals surface area contributed by atoms with Crippen LogP contribution >= 0.6 is 11.8 Å². The first-order valence-electron chi connectivity index (χ1n) is 13.8. The van der Waals surface area contributed by atoms with Crippen LogP contribution in [0.3, 0.4) is 0 Å². The fourth-order valence-electron chi connectivity index (χ4n) is 5.45. The maximum atomic E-state index is 12.9. The van der Waals surface area contributed by atoms with Crippen LogP contribution in [0.1, 0.15) is 23.7 Å². The first kappa shape index (κ1) is 25.9. The number of nitrogens with zero attached hydrogens (tertiary/aromatic N) is 4. The van der Waals surface area contributed by atoms with Gasteiger partial charge in [0.05, 0.1) is 34.8 Å². The predicted molar refractivity (Wildman–Crippen MR) is 159 cm³/mol. The van der Waals surface area contributed by atoms with Gasteiger partial charge in [-0.15, -0.1) is 0 Å². The number of para-hydroxylation sites is 2. The molecule has 0 atom stereocenters. The molecule has 6 rings (SSSR count). The van der Waals surface area contributed by atoms with Gasteiger partial charge >= 0.3 is 5.97 Å². The van der Waals surface area contributed by atoms with Gasteiger partial charge in [0.25, 0.3) is 0 Å². The van der Waals surface area contributed by atoms with Gasteiger partial charge in [-0.3, -0.25) is 0 Å². The minimum atomic E-state index is -0.315. The van der Waals surface area contributed by atoms with Gasteiger partial charge in [0.1, 0.15) is 0 Å². The second-order valence-electron chi connectivity index (χ2n) is 10.2. The van der Waals surface area contributed by atoms with Crippen molar-refractivity contribution in [3.63, 3.8) is 0 Å². The number of likely N-dealkylation sites (N-methyl/N-ethyl adjacent to an activating group) is 1. The van der Waals surface area contributed by atoms with Crippen LogP contribution in [0.25, 0.3) is 22.2 Å². The molecule has 0 N–H and O–H groups in total. The van der Waals surface area contributed by atoms with Crippen molar-refractivity contribution in [1.29, 1.82) is 0 Å².